The number of primary amides is 1. The highest BCUT2D eigenvalue weighted by Gasteiger charge is 2.43. The van der Waals surface area contributed by atoms with E-state index in [0.717, 1.165) is 16.7 Å². The molecule has 2 aromatic rings. The van der Waals surface area contributed by atoms with Gasteiger partial charge in [-0.2, -0.15) is 0 Å². The van der Waals surface area contributed by atoms with E-state index in [2.05, 4.69) is 6.07 Å². The van der Waals surface area contributed by atoms with Crippen molar-refractivity contribution in [2.45, 2.75) is 32.3 Å². The number of carbonyl (C=O) groups is 2. The summed E-state index contributed by atoms with van der Waals surface area (Å²) in [5.41, 5.74) is 7.70. The normalized spacial score (nSPS) is 19.6. The molecule has 0 radical (unpaired) electrons. The maximum atomic E-state index is 12.5. The maximum Gasteiger partial charge on any atom is 0.251 e. The van der Waals surface area contributed by atoms with Gasteiger partial charge < -0.3 is 15.4 Å². The fourth-order valence-corrected chi connectivity index (χ4v) is 3.64. The number of ether oxygens (including phenoxy) is 1. The second kappa shape index (κ2) is 8.57. The molecule has 1 heterocycles. The van der Waals surface area contributed by atoms with E-state index in [9.17, 15) is 9.59 Å². The Morgan fingerprint density at radius 3 is 2.50 bits per heavy atom. The lowest BCUT2D eigenvalue weighted by Crippen LogP contribution is -2.61. The predicted octanol–water partition coefficient (Wildman–Crippen LogP) is 3.03. The molecule has 5 nitrogen and oxygen atoms in total. The van der Waals surface area contributed by atoms with Crippen LogP contribution in [0.25, 0.3) is 11.1 Å². The molecule has 0 saturated carbocycles. The molecule has 28 heavy (non-hydrogen) atoms. The van der Waals surface area contributed by atoms with Crippen LogP contribution in [0.1, 0.15) is 25.8 Å². The minimum absolute atomic E-state index is 0.0435. The van der Waals surface area contributed by atoms with Gasteiger partial charge in [0.05, 0.1) is 13.2 Å². The zero-order chi connectivity index (χ0) is 20.1. The fourth-order valence-electron chi connectivity index (χ4n) is 3.64. The van der Waals surface area contributed by atoms with Crippen LogP contribution >= 0.6 is 0 Å². The van der Waals surface area contributed by atoms with Crippen LogP contribution in [0.15, 0.2) is 54.6 Å². The average molecular weight is 380 g/mol. The van der Waals surface area contributed by atoms with Gasteiger partial charge >= 0.3 is 0 Å². The SMILES string of the molecule is CC(C)CC(=O)N1CCO[C@@](Cc2cccc(-c3ccccc3)c2)(C(N)=O)C1. The van der Waals surface area contributed by atoms with Gasteiger partial charge in [0.2, 0.25) is 5.91 Å². The van der Waals surface area contributed by atoms with Crippen molar-refractivity contribution >= 4 is 11.8 Å². The van der Waals surface area contributed by atoms with Crippen LogP contribution in [0.5, 0.6) is 0 Å². The van der Waals surface area contributed by atoms with E-state index in [1.807, 2.05) is 62.4 Å². The summed E-state index contributed by atoms with van der Waals surface area (Å²) < 4.78 is 5.89. The monoisotopic (exact) mass is 380 g/mol. The number of nitrogens with two attached hydrogens (primary N) is 1. The molecule has 1 aliphatic rings. The van der Waals surface area contributed by atoms with Crippen molar-refractivity contribution in [3.8, 4) is 11.1 Å². The smallest absolute Gasteiger partial charge is 0.251 e. The number of morpholine rings is 1. The lowest BCUT2D eigenvalue weighted by molar-refractivity contribution is -0.163. The first-order valence-electron chi connectivity index (χ1n) is 9.75. The van der Waals surface area contributed by atoms with Gasteiger partial charge in [-0.1, -0.05) is 68.4 Å². The van der Waals surface area contributed by atoms with Crippen molar-refractivity contribution in [1.29, 1.82) is 0 Å². The van der Waals surface area contributed by atoms with Crippen molar-refractivity contribution in [3.05, 3.63) is 60.2 Å². The minimum atomic E-state index is -1.19. The number of amides is 2. The predicted molar refractivity (Wildman–Crippen MR) is 109 cm³/mol. The summed E-state index contributed by atoms with van der Waals surface area (Å²) >= 11 is 0. The summed E-state index contributed by atoms with van der Waals surface area (Å²) in [6.45, 7) is 5.02. The second-order valence-corrected chi connectivity index (χ2v) is 7.86. The minimum Gasteiger partial charge on any atom is -0.367 e. The fraction of sp³-hybridized carbons (Fsp3) is 0.391. The summed E-state index contributed by atoms with van der Waals surface area (Å²) in [7, 11) is 0. The summed E-state index contributed by atoms with van der Waals surface area (Å²) in [5.74, 6) is -0.220. The van der Waals surface area contributed by atoms with E-state index < -0.39 is 11.5 Å². The third-order valence-electron chi connectivity index (χ3n) is 5.09. The van der Waals surface area contributed by atoms with Crippen LogP contribution in [0.3, 0.4) is 0 Å². The number of hydrogen-bond acceptors (Lipinski definition) is 3. The standard InChI is InChI=1S/C23H28N2O3/c1-17(2)13-21(26)25-11-12-28-23(16-25,22(24)27)15-18-7-6-10-20(14-18)19-8-4-3-5-9-19/h3-10,14,17H,11-13,15-16H2,1-2H3,(H2,24,27)/t23-/m1/s1. The average Bonchev–Trinajstić information content (AvgIpc) is 2.68. The second-order valence-electron chi connectivity index (χ2n) is 7.86. The molecule has 0 spiro atoms. The first-order chi connectivity index (χ1) is 13.4. The Kier molecular flexibility index (Phi) is 6.15. The molecule has 148 valence electrons. The molecule has 0 aromatic heterocycles. The number of hydrogen-bond donors (Lipinski definition) is 1. The lowest BCUT2D eigenvalue weighted by Gasteiger charge is -2.41. The van der Waals surface area contributed by atoms with Gasteiger partial charge in [-0.3, -0.25) is 9.59 Å². The zero-order valence-electron chi connectivity index (χ0n) is 16.6. The van der Waals surface area contributed by atoms with Gasteiger partial charge in [0.25, 0.3) is 5.91 Å². The molecule has 5 heteroatoms. The molecular weight excluding hydrogens is 352 g/mol. The van der Waals surface area contributed by atoms with Crippen LogP contribution in [0, 0.1) is 5.92 Å². The summed E-state index contributed by atoms with van der Waals surface area (Å²) in [5, 5.41) is 0. The molecule has 0 aliphatic carbocycles. The van der Waals surface area contributed by atoms with Gasteiger partial charge in [0.15, 0.2) is 5.60 Å². The molecule has 1 aliphatic heterocycles. The molecule has 2 amide bonds. The van der Waals surface area contributed by atoms with Crippen LogP contribution in [-0.2, 0) is 20.7 Å². The van der Waals surface area contributed by atoms with E-state index in [1.54, 1.807) is 4.90 Å². The number of nitrogens with zero attached hydrogens (tertiary/aromatic N) is 1. The molecule has 3 rings (SSSR count). The molecule has 1 fully saturated rings. The van der Waals surface area contributed by atoms with Crippen molar-refractivity contribution in [3.63, 3.8) is 0 Å². The first-order valence-corrected chi connectivity index (χ1v) is 9.75. The van der Waals surface area contributed by atoms with Crippen molar-refractivity contribution in [2.75, 3.05) is 19.7 Å². The van der Waals surface area contributed by atoms with Crippen molar-refractivity contribution < 1.29 is 14.3 Å². The summed E-state index contributed by atoms with van der Waals surface area (Å²) in [6, 6.07) is 18.1. The number of benzene rings is 2. The zero-order valence-corrected chi connectivity index (χ0v) is 16.6. The van der Waals surface area contributed by atoms with Crippen molar-refractivity contribution in [2.24, 2.45) is 11.7 Å². The third-order valence-corrected chi connectivity index (χ3v) is 5.09. The van der Waals surface area contributed by atoms with Gasteiger partial charge in [-0.25, -0.2) is 0 Å². The van der Waals surface area contributed by atoms with Gasteiger partial charge in [-0.05, 0) is 22.6 Å². The Morgan fingerprint density at radius 2 is 1.82 bits per heavy atom. The molecule has 1 atom stereocenters. The molecule has 0 bridgehead atoms. The molecule has 1 saturated heterocycles. The van der Waals surface area contributed by atoms with Crippen LogP contribution < -0.4 is 5.73 Å². The van der Waals surface area contributed by atoms with Crippen molar-refractivity contribution in [1.82, 2.24) is 4.90 Å². The molecule has 2 aromatic carbocycles. The third kappa shape index (κ3) is 4.60. The molecule has 2 N–H and O–H groups in total. The van der Waals surface area contributed by atoms with E-state index in [4.69, 9.17) is 10.5 Å². The first kappa shape index (κ1) is 20.1. The Labute approximate surface area is 166 Å². The number of rotatable bonds is 6. The van der Waals surface area contributed by atoms with Gasteiger partial charge in [-0.15, -0.1) is 0 Å². The van der Waals surface area contributed by atoms with E-state index >= 15 is 0 Å². The maximum absolute atomic E-state index is 12.5. The van der Waals surface area contributed by atoms with E-state index in [1.165, 1.54) is 0 Å². The quantitative estimate of drug-likeness (QED) is 0.837. The molecular formula is C23H28N2O3. The highest BCUT2D eigenvalue weighted by atomic mass is 16.5. The topological polar surface area (TPSA) is 72.6 Å². The summed E-state index contributed by atoms with van der Waals surface area (Å²) in [6.07, 6.45) is 0.798. The highest BCUT2D eigenvalue weighted by molar-refractivity contribution is 5.86. The van der Waals surface area contributed by atoms with Gasteiger partial charge in [0, 0.05) is 19.4 Å². The van der Waals surface area contributed by atoms with Gasteiger partial charge in [0.1, 0.15) is 0 Å². The Morgan fingerprint density at radius 1 is 1.11 bits per heavy atom. The summed E-state index contributed by atoms with van der Waals surface area (Å²) in [4.78, 5) is 26.6. The largest absolute Gasteiger partial charge is 0.367 e. The number of carbonyl (C=O) groups excluding carboxylic acids is 2. The Bertz CT molecular complexity index is 835. The lowest BCUT2D eigenvalue weighted by atomic mass is 9.90. The van der Waals surface area contributed by atoms with Crippen LogP contribution in [0.4, 0.5) is 0 Å². The van der Waals surface area contributed by atoms with E-state index in [0.29, 0.717) is 26.0 Å². The van der Waals surface area contributed by atoms with E-state index in [-0.39, 0.29) is 18.4 Å². The Hall–Kier alpha value is -2.66. The molecule has 0 unspecified atom stereocenters. The highest BCUT2D eigenvalue weighted by Crippen LogP contribution is 2.27. The van der Waals surface area contributed by atoms with Crippen LogP contribution in [0.2, 0.25) is 0 Å². The van der Waals surface area contributed by atoms with Crippen LogP contribution in [-0.4, -0.2) is 42.0 Å². The Balaban J connectivity index is 1.83.